The Labute approximate surface area is 142 Å². The van der Waals surface area contributed by atoms with Crippen molar-refractivity contribution >= 4 is 27.3 Å². The maximum absolute atomic E-state index is 12.6. The SMILES string of the molecule is CC(=O)Nc1cccc(NS(=O)(=O)c2ccc3c(c2)CCCC3)c1. The van der Waals surface area contributed by atoms with Crippen LogP contribution >= 0.6 is 0 Å². The van der Waals surface area contributed by atoms with Crippen molar-refractivity contribution in [1.82, 2.24) is 0 Å². The summed E-state index contributed by atoms with van der Waals surface area (Å²) in [5, 5.41) is 2.64. The predicted molar refractivity (Wildman–Crippen MR) is 94.6 cm³/mol. The lowest BCUT2D eigenvalue weighted by Gasteiger charge is -2.17. The second-order valence-electron chi connectivity index (χ2n) is 6.01. The molecule has 0 fully saturated rings. The lowest BCUT2D eigenvalue weighted by molar-refractivity contribution is -0.114. The molecule has 126 valence electrons. The molecule has 1 amide bonds. The highest BCUT2D eigenvalue weighted by Crippen LogP contribution is 2.25. The number of fused-ring (bicyclic) bond motifs is 1. The van der Waals surface area contributed by atoms with Gasteiger partial charge in [-0.25, -0.2) is 8.42 Å². The molecule has 2 aromatic carbocycles. The number of carbonyl (C=O) groups excluding carboxylic acids is 1. The molecule has 5 nitrogen and oxygen atoms in total. The molecule has 0 aliphatic heterocycles. The molecule has 24 heavy (non-hydrogen) atoms. The van der Waals surface area contributed by atoms with Gasteiger partial charge in [0.2, 0.25) is 5.91 Å². The van der Waals surface area contributed by atoms with Gasteiger partial charge in [-0.1, -0.05) is 12.1 Å². The smallest absolute Gasteiger partial charge is 0.261 e. The van der Waals surface area contributed by atoms with Gasteiger partial charge in [0.05, 0.1) is 10.6 Å². The van der Waals surface area contributed by atoms with E-state index < -0.39 is 10.0 Å². The van der Waals surface area contributed by atoms with Crippen molar-refractivity contribution in [2.75, 3.05) is 10.0 Å². The third-order valence-electron chi connectivity index (χ3n) is 4.07. The molecular weight excluding hydrogens is 324 g/mol. The molecule has 0 bridgehead atoms. The maximum Gasteiger partial charge on any atom is 0.261 e. The molecular formula is C18H20N2O3S. The fourth-order valence-electron chi connectivity index (χ4n) is 2.95. The average Bonchev–Trinajstić information content (AvgIpc) is 2.53. The number of nitrogens with one attached hydrogen (secondary N) is 2. The van der Waals surface area contributed by atoms with Crippen LogP contribution < -0.4 is 10.0 Å². The summed E-state index contributed by atoms with van der Waals surface area (Å²) in [6.07, 6.45) is 4.20. The van der Waals surface area contributed by atoms with Crippen molar-refractivity contribution in [2.45, 2.75) is 37.5 Å². The van der Waals surface area contributed by atoms with Crippen LogP contribution in [0.1, 0.15) is 30.9 Å². The second-order valence-corrected chi connectivity index (χ2v) is 7.69. The van der Waals surface area contributed by atoms with Gasteiger partial charge in [0.25, 0.3) is 10.0 Å². The van der Waals surface area contributed by atoms with Gasteiger partial charge in [-0.2, -0.15) is 0 Å². The average molecular weight is 344 g/mol. The Balaban J connectivity index is 1.85. The van der Waals surface area contributed by atoms with Gasteiger partial charge < -0.3 is 5.32 Å². The molecule has 1 aliphatic carbocycles. The van der Waals surface area contributed by atoms with E-state index >= 15 is 0 Å². The van der Waals surface area contributed by atoms with Crippen LogP contribution in [0.3, 0.4) is 0 Å². The summed E-state index contributed by atoms with van der Waals surface area (Å²) in [7, 11) is -3.65. The summed E-state index contributed by atoms with van der Waals surface area (Å²) in [5.74, 6) is -0.204. The van der Waals surface area contributed by atoms with Crippen molar-refractivity contribution in [3.8, 4) is 0 Å². The number of sulfonamides is 1. The summed E-state index contributed by atoms with van der Waals surface area (Å²) in [5.41, 5.74) is 3.33. The van der Waals surface area contributed by atoms with Crippen molar-refractivity contribution < 1.29 is 13.2 Å². The summed E-state index contributed by atoms with van der Waals surface area (Å²) in [4.78, 5) is 11.4. The number of hydrogen-bond acceptors (Lipinski definition) is 3. The van der Waals surface area contributed by atoms with Gasteiger partial charge in [-0.05, 0) is 67.1 Å². The van der Waals surface area contributed by atoms with Gasteiger partial charge in [0, 0.05) is 12.6 Å². The number of amides is 1. The first-order valence-corrected chi connectivity index (χ1v) is 9.45. The van der Waals surface area contributed by atoms with Crippen LogP contribution in [0.4, 0.5) is 11.4 Å². The van der Waals surface area contributed by atoms with Crippen molar-refractivity contribution in [1.29, 1.82) is 0 Å². The van der Waals surface area contributed by atoms with E-state index in [0.717, 1.165) is 31.2 Å². The predicted octanol–water partition coefficient (Wildman–Crippen LogP) is 3.32. The number of benzene rings is 2. The van der Waals surface area contributed by atoms with Crippen LogP contribution in [-0.2, 0) is 27.7 Å². The van der Waals surface area contributed by atoms with Crippen LogP contribution in [0.2, 0.25) is 0 Å². The fourth-order valence-corrected chi connectivity index (χ4v) is 4.05. The highest BCUT2D eigenvalue weighted by Gasteiger charge is 2.18. The quantitative estimate of drug-likeness (QED) is 0.893. The Morgan fingerprint density at radius 2 is 1.67 bits per heavy atom. The van der Waals surface area contributed by atoms with E-state index in [9.17, 15) is 13.2 Å². The minimum absolute atomic E-state index is 0.204. The molecule has 0 atom stereocenters. The molecule has 2 N–H and O–H groups in total. The first kappa shape index (κ1) is 16.5. The molecule has 0 aromatic heterocycles. The second kappa shape index (κ2) is 6.65. The molecule has 6 heteroatoms. The van der Waals surface area contributed by atoms with E-state index in [1.807, 2.05) is 6.07 Å². The van der Waals surface area contributed by atoms with Crippen LogP contribution in [0.15, 0.2) is 47.4 Å². The first-order chi connectivity index (χ1) is 11.4. The zero-order valence-corrected chi connectivity index (χ0v) is 14.3. The van der Waals surface area contributed by atoms with Crippen molar-refractivity contribution in [3.05, 3.63) is 53.6 Å². The molecule has 0 radical (unpaired) electrons. The molecule has 0 saturated heterocycles. The minimum Gasteiger partial charge on any atom is -0.326 e. The molecule has 1 aliphatic rings. The molecule has 3 rings (SSSR count). The Morgan fingerprint density at radius 1 is 0.958 bits per heavy atom. The van der Waals surface area contributed by atoms with Crippen molar-refractivity contribution in [3.63, 3.8) is 0 Å². The topological polar surface area (TPSA) is 75.3 Å². The van der Waals surface area contributed by atoms with Crippen LogP contribution in [0.25, 0.3) is 0 Å². The summed E-state index contributed by atoms with van der Waals surface area (Å²) >= 11 is 0. The monoisotopic (exact) mass is 344 g/mol. The van der Waals surface area contributed by atoms with Crippen LogP contribution in [0, 0.1) is 0 Å². The van der Waals surface area contributed by atoms with Gasteiger partial charge in [-0.3, -0.25) is 9.52 Å². The fraction of sp³-hybridized carbons (Fsp3) is 0.278. The molecule has 0 heterocycles. The van der Waals surface area contributed by atoms with Gasteiger partial charge >= 0.3 is 0 Å². The van der Waals surface area contributed by atoms with Gasteiger partial charge in [-0.15, -0.1) is 0 Å². The lowest BCUT2D eigenvalue weighted by Crippen LogP contribution is -2.15. The van der Waals surface area contributed by atoms with Crippen LogP contribution in [0.5, 0.6) is 0 Å². The Hall–Kier alpha value is -2.34. The Kier molecular flexibility index (Phi) is 4.57. The Bertz CT molecular complexity index is 876. The number of carbonyl (C=O) groups is 1. The number of anilines is 2. The van der Waals surface area contributed by atoms with Crippen molar-refractivity contribution in [2.24, 2.45) is 0 Å². The zero-order chi connectivity index (χ0) is 17.2. The summed E-state index contributed by atoms with van der Waals surface area (Å²) in [6.45, 7) is 1.41. The Morgan fingerprint density at radius 3 is 2.42 bits per heavy atom. The van der Waals surface area contributed by atoms with E-state index in [0.29, 0.717) is 11.4 Å². The maximum atomic E-state index is 12.6. The van der Waals surface area contributed by atoms with E-state index in [-0.39, 0.29) is 10.8 Å². The molecule has 0 saturated carbocycles. The zero-order valence-electron chi connectivity index (χ0n) is 13.5. The lowest BCUT2D eigenvalue weighted by atomic mass is 9.92. The number of hydrogen-bond donors (Lipinski definition) is 2. The third-order valence-corrected chi connectivity index (χ3v) is 5.44. The van der Waals surface area contributed by atoms with Gasteiger partial charge in [0.1, 0.15) is 0 Å². The molecule has 2 aromatic rings. The van der Waals surface area contributed by atoms with Gasteiger partial charge in [0.15, 0.2) is 0 Å². The summed E-state index contributed by atoms with van der Waals surface area (Å²) < 4.78 is 27.8. The normalized spacial score (nSPS) is 13.9. The largest absolute Gasteiger partial charge is 0.326 e. The summed E-state index contributed by atoms with van der Waals surface area (Å²) in [6, 6.07) is 12.0. The highest BCUT2D eigenvalue weighted by molar-refractivity contribution is 7.92. The van der Waals surface area contributed by atoms with E-state index in [2.05, 4.69) is 10.0 Å². The molecule has 0 unspecified atom stereocenters. The van der Waals surface area contributed by atoms with Crippen LogP contribution in [-0.4, -0.2) is 14.3 Å². The third kappa shape index (κ3) is 3.76. The molecule has 0 spiro atoms. The standard InChI is InChI=1S/C18H20N2O3S/c1-13(21)19-16-7-4-8-17(12-16)20-24(22,23)18-10-9-14-5-2-3-6-15(14)11-18/h4,7-12,20H,2-3,5-6H2,1H3,(H,19,21). The minimum atomic E-state index is -3.65. The van der Waals surface area contributed by atoms with E-state index in [1.54, 1.807) is 36.4 Å². The number of rotatable bonds is 4. The number of aryl methyl sites for hydroxylation is 2. The highest BCUT2D eigenvalue weighted by atomic mass is 32.2. The van der Waals surface area contributed by atoms with E-state index in [4.69, 9.17) is 0 Å². The first-order valence-electron chi connectivity index (χ1n) is 7.96. The van der Waals surface area contributed by atoms with E-state index in [1.165, 1.54) is 12.5 Å².